The van der Waals surface area contributed by atoms with Crippen molar-refractivity contribution in [3.63, 3.8) is 0 Å². The van der Waals surface area contributed by atoms with Gasteiger partial charge in [0, 0.05) is 23.4 Å². The largest absolute Gasteiger partial charge is 0.394 e. The third-order valence-electron chi connectivity index (χ3n) is 3.21. The molecule has 94 valence electrons. The Balaban J connectivity index is 2.12. The topological polar surface area (TPSA) is 41.5 Å². The SMILES string of the molecule is OCC1(Nc2cccc(Br)c2)CCCOCC1. The van der Waals surface area contributed by atoms with Gasteiger partial charge in [-0.2, -0.15) is 0 Å². The van der Waals surface area contributed by atoms with Crippen LogP contribution >= 0.6 is 15.9 Å². The molecule has 4 heteroatoms. The van der Waals surface area contributed by atoms with E-state index in [0.29, 0.717) is 6.61 Å². The van der Waals surface area contributed by atoms with Gasteiger partial charge in [-0.15, -0.1) is 0 Å². The molecule has 2 N–H and O–H groups in total. The number of benzene rings is 1. The van der Waals surface area contributed by atoms with Crippen molar-refractivity contribution in [3.05, 3.63) is 28.7 Å². The van der Waals surface area contributed by atoms with Crippen molar-refractivity contribution < 1.29 is 9.84 Å². The Morgan fingerprint density at radius 1 is 1.35 bits per heavy atom. The lowest BCUT2D eigenvalue weighted by atomic mass is 9.91. The molecule has 1 aromatic carbocycles. The first-order valence-electron chi connectivity index (χ1n) is 5.96. The number of rotatable bonds is 3. The number of hydrogen-bond acceptors (Lipinski definition) is 3. The normalized spacial score (nSPS) is 25.3. The summed E-state index contributed by atoms with van der Waals surface area (Å²) in [5.41, 5.74) is 0.799. The average molecular weight is 300 g/mol. The number of anilines is 1. The quantitative estimate of drug-likeness (QED) is 0.902. The van der Waals surface area contributed by atoms with Gasteiger partial charge in [-0.25, -0.2) is 0 Å². The molecule has 17 heavy (non-hydrogen) atoms. The van der Waals surface area contributed by atoms with Crippen LogP contribution in [0.1, 0.15) is 19.3 Å². The molecule has 1 unspecified atom stereocenters. The van der Waals surface area contributed by atoms with Crippen LogP contribution in [0.3, 0.4) is 0 Å². The number of halogens is 1. The van der Waals surface area contributed by atoms with Crippen LogP contribution in [0, 0.1) is 0 Å². The Labute approximate surface area is 110 Å². The van der Waals surface area contributed by atoms with Gasteiger partial charge >= 0.3 is 0 Å². The Hall–Kier alpha value is -0.580. The van der Waals surface area contributed by atoms with Gasteiger partial charge in [0.2, 0.25) is 0 Å². The molecule has 1 atom stereocenters. The van der Waals surface area contributed by atoms with Crippen molar-refractivity contribution in [2.45, 2.75) is 24.8 Å². The highest BCUT2D eigenvalue weighted by molar-refractivity contribution is 9.10. The molecule has 1 aromatic rings. The molecule has 3 nitrogen and oxygen atoms in total. The second-order valence-electron chi connectivity index (χ2n) is 4.54. The van der Waals surface area contributed by atoms with E-state index >= 15 is 0 Å². The summed E-state index contributed by atoms with van der Waals surface area (Å²) in [6.45, 7) is 1.65. The molecule has 1 aliphatic rings. The molecule has 0 aliphatic carbocycles. The monoisotopic (exact) mass is 299 g/mol. The third-order valence-corrected chi connectivity index (χ3v) is 3.70. The molecule has 0 saturated carbocycles. The van der Waals surface area contributed by atoms with E-state index in [1.807, 2.05) is 24.3 Å². The van der Waals surface area contributed by atoms with E-state index in [2.05, 4.69) is 21.2 Å². The maximum Gasteiger partial charge on any atom is 0.0662 e. The molecule has 0 bridgehead atoms. The van der Waals surface area contributed by atoms with E-state index in [0.717, 1.165) is 36.0 Å². The first-order valence-corrected chi connectivity index (χ1v) is 6.76. The Bertz CT molecular complexity index is 362. The molecular formula is C13H18BrNO2. The molecule has 1 fully saturated rings. The number of aliphatic hydroxyl groups is 1. The number of nitrogens with one attached hydrogen (secondary N) is 1. The Morgan fingerprint density at radius 2 is 2.24 bits per heavy atom. The van der Waals surface area contributed by atoms with Crippen LogP contribution in [-0.4, -0.2) is 30.5 Å². The van der Waals surface area contributed by atoms with Crippen LogP contribution in [-0.2, 0) is 4.74 Å². The summed E-state index contributed by atoms with van der Waals surface area (Å²) in [6, 6.07) is 8.04. The first kappa shape index (κ1) is 12.9. The van der Waals surface area contributed by atoms with E-state index in [4.69, 9.17) is 4.74 Å². The standard InChI is InChI=1S/C13H18BrNO2/c14-11-3-1-4-12(9-11)15-13(10-16)5-2-7-17-8-6-13/h1,3-4,9,15-16H,2,5-8,10H2. The van der Waals surface area contributed by atoms with Crippen LogP contribution < -0.4 is 5.32 Å². The Morgan fingerprint density at radius 3 is 3.00 bits per heavy atom. The van der Waals surface area contributed by atoms with Crippen LogP contribution in [0.25, 0.3) is 0 Å². The number of ether oxygens (including phenoxy) is 1. The van der Waals surface area contributed by atoms with Crippen molar-refractivity contribution in [1.29, 1.82) is 0 Å². The summed E-state index contributed by atoms with van der Waals surface area (Å²) >= 11 is 3.45. The summed E-state index contributed by atoms with van der Waals surface area (Å²) < 4.78 is 6.49. The number of aliphatic hydroxyl groups excluding tert-OH is 1. The van der Waals surface area contributed by atoms with Crippen LogP contribution in [0.5, 0.6) is 0 Å². The van der Waals surface area contributed by atoms with Gasteiger partial charge < -0.3 is 15.2 Å². The van der Waals surface area contributed by atoms with E-state index in [1.165, 1.54) is 0 Å². The lowest BCUT2D eigenvalue weighted by molar-refractivity contribution is 0.132. The van der Waals surface area contributed by atoms with Gasteiger partial charge in [0.1, 0.15) is 0 Å². The van der Waals surface area contributed by atoms with E-state index in [1.54, 1.807) is 0 Å². The smallest absolute Gasteiger partial charge is 0.0662 e. The van der Waals surface area contributed by atoms with Crippen LogP contribution in [0.15, 0.2) is 28.7 Å². The average Bonchev–Trinajstić information content (AvgIpc) is 2.55. The van der Waals surface area contributed by atoms with Crippen molar-refractivity contribution in [3.8, 4) is 0 Å². The molecule has 0 spiro atoms. The molecule has 1 aliphatic heterocycles. The fourth-order valence-corrected chi connectivity index (χ4v) is 2.60. The molecule has 2 rings (SSSR count). The van der Waals surface area contributed by atoms with E-state index in [-0.39, 0.29) is 12.1 Å². The third kappa shape index (κ3) is 3.44. The summed E-state index contributed by atoms with van der Waals surface area (Å²) in [4.78, 5) is 0. The predicted molar refractivity (Wildman–Crippen MR) is 72.3 cm³/mol. The zero-order valence-corrected chi connectivity index (χ0v) is 11.4. The van der Waals surface area contributed by atoms with E-state index < -0.39 is 0 Å². The molecule has 0 amide bonds. The highest BCUT2D eigenvalue weighted by Crippen LogP contribution is 2.27. The van der Waals surface area contributed by atoms with Gasteiger partial charge in [0.05, 0.1) is 12.1 Å². The fourth-order valence-electron chi connectivity index (χ4n) is 2.20. The molecule has 1 heterocycles. The van der Waals surface area contributed by atoms with Crippen molar-refractivity contribution >= 4 is 21.6 Å². The number of hydrogen-bond donors (Lipinski definition) is 2. The minimum Gasteiger partial charge on any atom is -0.394 e. The van der Waals surface area contributed by atoms with Crippen LogP contribution in [0.2, 0.25) is 0 Å². The van der Waals surface area contributed by atoms with Gasteiger partial charge in [0.25, 0.3) is 0 Å². The highest BCUT2D eigenvalue weighted by atomic mass is 79.9. The summed E-state index contributed by atoms with van der Waals surface area (Å²) in [6.07, 6.45) is 2.77. The minimum absolute atomic E-state index is 0.142. The van der Waals surface area contributed by atoms with Crippen molar-refractivity contribution in [1.82, 2.24) is 0 Å². The lowest BCUT2D eigenvalue weighted by Crippen LogP contribution is -2.42. The van der Waals surface area contributed by atoms with Gasteiger partial charge in [-0.05, 0) is 37.5 Å². The summed E-state index contributed by atoms with van der Waals surface area (Å²) in [5, 5.41) is 13.1. The Kier molecular flexibility index (Phi) is 4.42. The zero-order valence-electron chi connectivity index (χ0n) is 9.79. The van der Waals surface area contributed by atoms with Crippen LogP contribution in [0.4, 0.5) is 5.69 Å². The first-order chi connectivity index (χ1) is 8.24. The maximum atomic E-state index is 9.67. The molecule has 1 saturated heterocycles. The molecule has 0 radical (unpaired) electrons. The predicted octanol–water partition coefficient (Wildman–Crippen LogP) is 2.79. The van der Waals surface area contributed by atoms with E-state index in [9.17, 15) is 5.11 Å². The van der Waals surface area contributed by atoms with Gasteiger partial charge in [-0.1, -0.05) is 22.0 Å². The van der Waals surface area contributed by atoms with Gasteiger partial charge in [-0.3, -0.25) is 0 Å². The lowest BCUT2D eigenvalue weighted by Gasteiger charge is -2.32. The van der Waals surface area contributed by atoms with Crippen molar-refractivity contribution in [2.75, 3.05) is 25.1 Å². The second-order valence-corrected chi connectivity index (χ2v) is 5.46. The highest BCUT2D eigenvalue weighted by Gasteiger charge is 2.30. The van der Waals surface area contributed by atoms with Crippen molar-refractivity contribution in [2.24, 2.45) is 0 Å². The maximum absolute atomic E-state index is 9.67. The van der Waals surface area contributed by atoms with Gasteiger partial charge in [0.15, 0.2) is 0 Å². The molecule has 0 aromatic heterocycles. The minimum atomic E-state index is -0.239. The summed E-state index contributed by atoms with van der Waals surface area (Å²) in [7, 11) is 0. The fraction of sp³-hybridized carbons (Fsp3) is 0.538. The second kappa shape index (κ2) is 5.85. The zero-order chi connectivity index (χ0) is 12.1. The summed E-state index contributed by atoms with van der Waals surface area (Å²) in [5.74, 6) is 0. The molecular weight excluding hydrogens is 282 g/mol.